The van der Waals surface area contributed by atoms with Crippen LogP contribution >= 0.6 is 11.3 Å². The maximum Gasteiger partial charge on any atom is 0.226 e. The van der Waals surface area contributed by atoms with Crippen molar-refractivity contribution in [2.45, 2.75) is 39.7 Å². The lowest BCUT2D eigenvalue weighted by atomic mass is 9.98. The first-order valence-corrected chi connectivity index (χ1v) is 9.72. The molecule has 1 amide bonds. The molecule has 0 spiro atoms. The average molecular weight is 363 g/mol. The number of nitrogens with zero attached hydrogens (tertiary/aromatic N) is 5. The molecule has 1 N–H and O–H groups in total. The first kappa shape index (κ1) is 18.0. The van der Waals surface area contributed by atoms with Crippen molar-refractivity contribution < 1.29 is 4.79 Å². The third kappa shape index (κ3) is 5.34. The fourth-order valence-electron chi connectivity index (χ4n) is 3.28. The van der Waals surface area contributed by atoms with E-state index >= 15 is 0 Å². The predicted octanol–water partition coefficient (Wildman–Crippen LogP) is 1.42. The highest BCUT2D eigenvalue weighted by atomic mass is 32.1. The summed E-state index contributed by atoms with van der Waals surface area (Å²) in [5.41, 5.74) is 0.870. The van der Waals surface area contributed by atoms with E-state index in [4.69, 9.17) is 0 Å². The van der Waals surface area contributed by atoms with Crippen molar-refractivity contribution in [1.29, 1.82) is 0 Å². The summed E-state index contributed by atoms with van der Waals surface area (Å²) < 4.78 is 2.08. The highest BCUT2D eigenvalue weighted by molar-refractivity contribution is 7.09. The minimum Gasteiger partial charge on any atom is -0.355 e. The molecule has 1 aliphatic rings. The van der Waals surface area contributed by atoms with Gasteiger partial charge in [0, 0.05) is 31.6 Å². The van der Waals surface area contributed by atoms with Crippen LogP contribution in [0.5, 0.6) is 0 Å². The zero-order valence-electron chi connectivity index (χ0n) is 14.9. The summed E-state index contributed by atoms with van der Waals surface area (Å²) in [7, 11) is 0. The average Bonchev–Trinajstić information content (AvgIpc) is 3.19. The number of likely N-dealkylation sites (tertiary alicyclic amines) is 1. The minimum atomic E-state index is 0.0718. The fraction of sp³-hybridized carbons (Fsp3) is 0.647. The van der Waals surface area contributed by atoms with Crippen LogP contribution < -0.4 is 5.32 Å². The number of aryl methyl sites for hydroxylation is 2. The van der Waals surface area contributed by atoms with Crippen LogP contribution in [0.25, 0.3) is 0 Å². The zero-order valence-corrected chi connectivity index (χ0v) is 15.8. The highest BCUT2D eigenvalue weighted by Gasteiger charge is 2.20. The van der Waals surface area contributed by atoms with Crippen molar-refractivity contribution in [1.82, 2.24) is 30.0 Å². The van der Waals surface area contributed by atoms with E-state index in [1.54, 1.807) is 17.7 Å². The van der Waals surface area contributed by atoms with Crippen molar-refractivity contribution in [3.05, 3.63) is 28.2 Å². The van der Waals surface area contributed by atoms with Crippen LogP contribution in [0.2, 0.25) is 0 Å². The van der Waals surface area contributed by atoms with Crippen LogP contribution in [0.1, 0.15) is 29.4 Å². The zero-order chi connectivity index (χ0) is 17.6. The number of carbonyl (C=O) groups is 1. The van der Waals surface area contributed by atoms with E-state index in [0.29, 0.717) is 12.3 Å². The van der Waals surface area contributed by atoms with Gasteiger partial charge in [0.25, 0.3) is 0 Å². The minimum absolute atomic E-state index is 0.0718. The molecule has 0 saturated carbocycles. The summed E-state index contributed by atoms with van der Waals surface area (Å²) in [4.78, 5) is 18.9. The van der Waals surface area contributed by atoms with Crippen molar-refractivity contribution in [3.8, 4) is 0 Å². The Morgan fingerprint density at radius 1 is 1.40 bits per heavy atom. The van der Waals surface area contributed by atoms with Crippen molar-refractivity contribution in [2.75, 3.05) is 26.2 Å². The Morgan fingerprint density at radius 2 is 2.28 bits per heavy atom. The van der Waals surface area contributed by atoms with Gasteiger partial charge >= 0.3 is 0 Å². The van der Waals surface area contributed by atoms with E-state index in [2.05, 4.69) is 30.0 Å². The summed E-state index contributed by atoms with van der Waals surface area (Å²) in [6.07, 6.45) is 4.54. The molecule has 0 aliphatic carbocycles. The molecular formula is C17H26N6OS. The Balaban J connectivity index is 1.39. The van der Waals surface area contributed by atoms with Gasteiger partial charge in [-0.1, -0.05) is 0 Å². The third-order valence-corrected chi connectivity index (χ3v) is 5.49. The molecule has 3 heterocycles. The molecule has 1 fully saturated rings. The Kier molecular flexibility index (Phi) is 6.14. The smallest absolute Gasteiger partial charge is 0.226 e. The molecule has 1 aliphatic heterocycles. The first-order chi connectivity index (χ1) is 12.1. The van der Waals surface area contributed by atoms with Gasteiger partial charge in [-0.15, -0.1) is 21.5 Å². The molecule has 1 atom stereocenters. The van der Waals surface area contributed by atoms with E-state index in [1.165, 1.54) is 12.8 Å². The molecule has 25 heavy (non-hydrogen) atoms. The number of carbonyl (C=O) groups excluding carboxylic acids is 1. The van der Waals surface area contributed by atoms with Gasteiger partial charge < -0.3 is 14.8 Å². The summed E-state index contributed by atoms with van der Waals surface area (Å²) in [6, 6.07) is 0. The molecule has 136 valence electrons. The molecule has 1 unspecified atom stereocenters. The van der Waals surface area contributed by atoms with Gasteiger partial charge in [-0.25, -0.2) is 4.98 Å². The van der Waals surface area contributed by atoms with Gasteiger partial charge in [-0.3, -0.25) is 4.79 Å². The summed E-state index contributed by atoms with van der Waals surface area (Å²) in [5, 5.41) is 14.0. The molecular weight excluding hydrogens is 336 g/mol. The van der Waals surface area contributed by atoms with Gasteiger partial charge in [0.05, 0.1) is 17.1 Å². The van der Waals surface area contributed by atoms with E-state index in [1.807, 2.05) is 19.2 Å². The Bertz CT molecular complexity index is 697. The van der Waals surface area contributed by atoms with Crippen LogP contribution in [0, 0.1) is 19.8 Å². The quantitative estimate of drug-likeness (QED) is 0.806. The lowest BCUT2D eigenvalue weighted by molar-refractivity contribution is -0.120. The van der Waals surface area contributed by atoms with Gasteiger partial charge in [0.15, 0.2) is 0 Å². The van der Waals surface area contributed by atoms with Gasteiger partial charge in [-0.05, 0) is 39.2 Å². The normalized spacial score (nSPS) is 18.4. The number of rotatable bonds is 7. The van der Waals surface area contributed by atoms with E-state index < -0.39 is 0 Å². The Labute approximate surface area is 152 Å². The molecule has 7 nitrogen and oxygen atoms in total. The number of amides is 1. The van der Waals surface area contributed by atoms with Crippen LogP contribution in [0.4, 0.5) is 0 Å². The second kappa shape index (κ2) is 8.53. The maximum absolute atomic E-state index is 12.1. The molecule has 3 rings (SSSR count). The van der Waals surface area contributed by atoms with Gasteiger partial charge in [0.2, 0.25) is 5.91 Å². The number of hydrogen-bond donors (Lipinski definition) is 1. The topological polar surface area (TPSA) is 75.9 Å². The number of hydrogen-bond acceptors (Lipinski definition) is 6. The molecule has 1 saturated heterocycles. The lowest BCUT2D eigenvalue weighted by Gasteiger charge is -2.32. The Morgan fingerprint density at radius 3 is 3.00 bits per heavy atom. The van der Waals surface area contributed by atoms with Crippen LogP contribution in [-0.2, 0) is 17.8 Å². The number of aromatic nitrogens is 4. The summed E-state index contributed by atoms with van der Waals surface area (Å²) in [6.45, 7) is 8.78. The second-order valence-corrected chi connectivity index (χ2v) is 7.78. The fourth-order valence-corrected chi connectivity index (χ4v) is 3.89. The first-order valence-electron chi connectivity index (χ1n) is 8.84. The molecule has 0 radical (unpaired) electrons. The monoisotopic (exact) mass is 362 g/mol. The van der Waals surface area contributed by atoms with Gasteiger partial charge in [-0.2, -0.15) is 0 Å². The predicted molar refractivity (Wildman–Crippen MR) is 97.5 cm³/mol. The van der Waals surface area contributed by atoms with Crippen molar-refractivity contribution in [3.63, 3.8) is 0 Å². The van der Waals surface area contributed by atoms with Crippen LogP contribution in [0.3, 0.4) is 0 Å². The number of nitrogens with one attached hydrogen (secondary N) is 1. The highest BCUT2D eigenvalue weighted by Crippen LogP contribution is 2.16. The van der Waals surface area contributed by atoms with Crippen LogP contribution in [0.15, 0.2) is 11.7 Å². The van der Waals surface area contributed by atoms with Crippen LogP contribution in [-0.4, -0.2) is 56.7 Å². The number of piperidine rings is 1. The maximum atomic E-state index is 12.1. The lowest BCUT2D eigenvalue weighted by Crippen LogP contribution is -2.42. The molecule has 0 bridgehead atoms. The largest absolute Gasteiger partial charge is 0.355 e. The van der Waals surface area contributed by atoms with E-state index in [9.17, 15) is 4.79 Å². The second-order valence-electron chi connectivity index (χ2n) is 6.72. The van der Waals surface area contributed by atoms with Crippen molar-refractivity contribution in [2.24, 2.45) is 5.92 Å². The SMILES string of the molecule is Cc1nc(CC(=O)NCC2CCCN(CCn3cnnc3C)C2)cs1. The third-order valence-electron chi connectivity index (χ3n) is 4.67. The number of thiazole rings is 1. The molecule has 2 aromatic rings. The van der Waals surface area contributed by atoms with E-state index in [0.717, 1.165) is 49.2 Å². The van der Waals surface area contributed by atoms with Crippen molar-refractivity contribution >= 4 is 17.2 Å². The summed E-state index contributed by atoms with van der Waals surface area (Å²) in [5.74, 6) is 1.55. The van der Waals surface area contributed by atoms with E-state index in [-0.39, 0.29) is 5.91 Å². The standard InChI is InChI=1S/C17H26N6OS/c1-13-21-19-12-23(13)7-6-22-5-3-4-15(10-22)9-18-17(24)8-16-11-25-14(2)20-16/h11-12,15H,3-10H2,1-2H3,(H,18,24). The van der Waals surface area contributed by atoms with Gasteiger partial charge in [0.1, 0.15) is 12.2 Å². The molecule has 2 aromatic heterocycles. The summed E-state index contributed by atoms with van der Waals surface area (Å²) >= 11 is 1.59. The molecule has 0 aromatic carbocycles. The molecule has 8 heteroatoms. The Hall–Kier alpha value is -1.80.